The minimum Gasteiger partial charge on any atom is -0.444 e. The third kappa shape index (κ3) is 9.86. The molecule has 146 valence electrons. The lowest BCUT2D eigenvalue weighted by atomic mass is 10.1. The fourth-order valence-corrected chi connectivity index (χ4v) is 2.13. The molecule has 0 bridgehead atoms. The maximum absolute atomic E-state index is 13.6. The molecule has 0 saturated heterocycles. The van der Waals surface area contributed by atoms with Crippen molar-refractivity contribution in [3.63, 3.8) is 0 Å². The van der Waals surface area contributed by atoms with Crippen LogP contribution in [0.25, 0.3) is 0 Å². The van der Waals surface area contributed by atoms with E-state index in [1.54, 1.807) is 12.1 Å². The molecular formula is C19H31FN4O2. The van der Waals surface area contributed by atoms with Gasteiger partial charge in [-0.25, -0.2) is 9.18 Å². The first-order chi connectivity index (χ1) is 12.3. The van der Waals surface area contributed by atoms with E-state index in [9.17, 15) is 9.18 Å². The van der Waals surface area contributed by atoms with Crippen molar-refractivity contribution < 1.29 is 13.9 Å². The second-order valence-electron chi connectivity index (χ2n) is 6.81. The highest BCUT2D eigenvalue weighted by Crippen LogP contribution is 2.06. The molecule has 0 atom stereocenters. The molecule has 1 rings (SSSR count). The number of guanidine groups is 1. The molecule has 0 unspecified atom stereocenters. The third-order valence-electron chi connectivity index (χ3n) is 3.26. The Hall–Kier alpha value is -2.31. The number of nitrogens with zero attached hydrogens (tertiary/aromatic N) is 1. The van der Waals surface area contributed by atoms with Crippen molar-refractivity contribution in [1.82, 2.24) is 16.0 Å². The van der Waals surface area contributed by atoms with E-state index in [4.69, 9.17) is 4.74 Å². The first-order valence-electron chi connectivity index (χ1n) is 9.04. The van der Waals surface area contributed by atoms with Gasteiger partial charge < -0.3 is 20.7 Å². The monoisotopic (exact) mass is 366 g/mol. The number of ether oxygens (including phenoxy) is 1. The lowest BCUT2D eigenvalue weighted by Gasteiger charge is -2.19. The van der Waals surface area contributed by atoms with Crippen LogP contribution in [0.4, 0.5) is 9.18 Å². The van der Waals surface area contributed by atoms with Crippen LogP contribution in [0.15, 0.2) is 29.3 Å². The van der Waals surface area contributed by atoms with Gasteiger partial charge in [0.05, 0.1) is 0 Å². The van der Waals surface area contributed by atoms with E-state index in [1.165, 1.54) is 6.07 Å². The van der Waals surface area contributed by atoms with Gasteiger partial charge in [-0.1, -0.05) is 18.2 Å². The molecule has 1 amide bonds. The van der Waals surface area contributed by atoms with Gasteiger partial charge in [0, 0.05) is 26.2 Å². The molecule has 1 aromatic rings. The van der Waals surface area contributed by atoms with Gasteiger partial charge in [0.15, 0.2) is 5.96 Å². The standard InChI is InChI=1S/C19H31FN4O2/c1-5-21-17(23-14-11-15-9-6-7-10-16(15)20)22-12-8-13-24-18(25)26-19(2,3)4/h6-7,9-10H,5,8,11-14H2,1-4H3,(H,24,25)(H2,21,22,23). The van der Waals surface area contributed by atoms with Crippen LogP contribution in [-0.2, 0) is 11.2 Å². The maximum atomic E-state index is 13.6. The zero-order valence-electron chi connectivity index (χ0n) is 16.2. The third-order valence-corrected chi connectivity index (χ3v) is 3.26. The first kappa shape index (κ1) is 21.7. The number of carbonyl (C=O) groups is 1. The summed E-state index contributed by atoms with van der Waals surface area (Å²) < 4.78 is 18.8. The van der Waals surface area contributed by atoms with Gasteiger partial charge in [-0.05, 0) is 52.2 Å². The predicted octanol–water partition coefficient (Wildman–Crippen LogP) is 2.84. The molecule has 0 aromatic heterocycles. The summed E-state index contributed by atoms with van der Waals surface area (Å²) in [5.41, 5.74) is 0.181. The van der Waals surface area contributed by atoms with E-state index in [2.05, 4.69) is 20.9 Å². The van der Waals surface area contributed by atoms with Gasteiger partial charge >= 0.3 is 6.09 Å². The molecular weight excluding hydrogens is 335 g/mol. The molecule has 0 heterocycles. The molecule has 0 saturated carbocycles. The van der Waals surface area contributed by atoms with Crippen LogP contribution < -0.4 is 16.0 Å². The average Bonchev–Trinajstić information content (AvgIpc) is 2.54. The number of rotatable bonds is 8. The Morgan fingerprint density at radius 2 is 1.88 bits per heavy atom. The van der Waals surface area contributed by atoms with Gasteiger partial charge in [0.1, 0.15) is 11.4 Å². The van der Waals surface area contributed by atoms with Crippen LogP contribution in [0.2, 0.25) is 0 Å². The maximum Gasteiger partial charge on any atom is 0.407 e. The van der Waals surface area contributed by atoms with Crippen molar-refractivity contribution >= 4 is 12.1 Å². The number of aliphatic imine (C=N–C) groups is 1. The number of hydrogen-bond donors (Lipinski definition) is 3. The van der Waals surface area contributed by atoms with Crippen LogP contribution in [0, 0.1) is 5.82 Å². The van der Waals surface area contributed by atoms with Crippen molar-refractivity contribution in [2.24, 2.45) is 4.99 Å². The van der Waals surface area contributed by atoms with Gasteiger partial charge in [-0.15, -0.1) is 0 Å². The lowest BCUT2D eigenvalue weighted by molar-refractivity contribution is 0.0527. The Morgan fingerprint density at radius 3 is 2.54 bits per heavy atom. The highest BCUT2D eigenvalue weighted by Gasteiger charge is 2.15. The van der Waals surface area contributed by atoms with E-state index in [1.807, 2.05) is 33.8 Å². The second kappa shape index (κ2) is 11.3. The van der Waals surface area contributed by atoms with Crippen LogP contribution in [0.3, 0.4) is 0 Å². The highest BCUT2D eigenvalue weighted by atomic mass is 19.1. The molecule has 26 heavy (non-hydrogen) atoms. The molecule has 0 aliphatic rings. The molecule has 7 heteroatoms. The lowest BCUT2D eigenvalue weighted by Crippen LogP contribution is -2.38. The van der Waals surface area contributed by atoms with Crippen LogP contribution in [0.1, 0.15) is 39.7 Å². The fraction of sp³-hybridized carbons (Fsp3) is 0.579. The van der Waals surface area contributed by atoms with Crippen LogP contribution >= 0.6 is 0 Å². The van der Waals surface area contributed by atoms with Gasteiger partial charge in [0.25, 0.3) is 0 Å². The first-order valence-corrected chi connectivity index (χ1v) is 9.04. The quantitative estimate of drug-likeness (QED) is 0.376. The SMILES string of the molecule is CCNC(=NCCCNC(=O)OC(C)(C)C)NCCc1ccccc1F. The molecule has 3 N–H and O–H groups in total. The topological polar surface area (TPSA) is 74.8 Å². The van der Waals surface area contributed by atoms with E-state index in [0.717, 1.165) is 6.54 Å². The summed E-state index contributed by atoms with van der Waals surface area (Å²) in [6.45, 7) is 9.84. The summed E-state index contributed by atoms with van der Waals surface area (Å²) in [5, 5.41) is 9.04. The second-order valence-corrected chi connectivity index (χ2v) is 6.81. The van der Waals surface area contributed by atoms with E-state index < -0.39 is 11.7 Å². The van der Waals surface area contributed by atoms with Gasteiger partial charge in [-0.3, -0.25) is 4.99 Å². The molecule has 0 spiro atoms. The number of hydrogen-bond acceptors (Lipinski definition) is 3. The number of benzene rings is 1. The van der Waals surface area contributed by atoms with E-state index in [0.29, 0.717) is 44.0 Å². The Bertz CT molecular complexity index is 585. The number of halogens is 1. The van der Waals surface area contributed by atoms with E-state index in [-0.39, 0.29) is 5.82 Å². The molecule has 0 radical (unpaired) electrons. The Kier molecular flexibility index (Phi) is 9.47. The summed E-state index contributed by atoms with van der Waals surface area (Å²) >= 11 is 0. The number of nitrogens with one attached hydrogen (secondary N) is 3. The minimum absolute atomic E-state index is 0.190. The smallest absolute Gasteiger partial charge is 0.407 e. The molecule has 6 nitrogen and oxygen atoms in total. The van der Waals surface area contributed by atoms with Crippen molar-refractivity contribution in [1.29, 1.82) is 0 Å². The summed E-state index contributed by atoms with van der Waals surface area (Å²) in [6.07, 6.45) is 0.858. The minimum atomic E-state index is -0.497. The van der Waals surface area contributed by atoms with Crippen molar-refractivity contribution in [3.8, 4) is 0 Å². The Labute approximate surface area is 155 Å². The zero-order chi connectivity index (χ0) is 19.4. The predicted molar refractivity (Wildman–Crippen MR) is 103 cm³/mol. The van der Waals surface area contributed by atoms with Crippen molar-refractivity contribution in [2.45, 2.75) is 46.1 Å². The molecule has 1 aromatic carbocycles. The van der Waals surface area contributed by atoms with Crippen LogP contribution in [0.5, 0.6) is 0 Å². The Morgan fingerprint density at radius 1 is 1.15 bits per heavy atom. The summed E-state index contributed by atoms with van der Waals surface area (Å²) in [6, 6.07) is 6.76. The highest BCUT2D eigenvalue weighted by molar-refractivity contribution is 5.79. The van der Waals surface area contributed by atoms with Gasteiger partial charge in [-0.2, -0.15) is 0 Å². The summed E-state index contributed by atoms with van der Waals surface area (Å²) in [5.74, 6) is 0.491. The number of amides is 1. The number of alkyl carbamates (subject to hydrolysis) is 1. The summed E-state index contributed by atoms with van der Waals surface area (Å²) in [7, 11) is 0. The molecule has 0 fully saturated rings. The Balaban J connectivity index is 2.30. The largest absolute Gasteiger partial charge is 0.444 e. The van der Waals surface area contributed by atoms with Crippen molar-refractivity contribution in [2.75, 3.05) is 26.2 Å². The molecule has 0 aliphatic carbocycles. The van der Waals surface area contributed by atoms with Crippen molar-refractivity contribution in [3.05, 3.63) is 35.6 Å². The van der Waals surface area contributed by atoms with Crippen LogP contribution in [-0.4, -0.2) is 43.8 Å². The molecule has 0 aliphatic heterocycles. The fourth-order valence-electron chi connectivity index (χ4n) is 2.13. The normalized spacial score (nSPS) is 11.8. The zero-order valence-corrected chi connectivity index (χ0v) is 16.2. The average molecular weight is 366 g/mol. The summed E-state index contributed by atoms with van der Waals surface area (Å²) in [4.78, 5) is 16.0. The van der Waals surface area contributed by atoms with Gasteiger partial charge in [0.2, 0.25) is 0 Å². The number of carbonyl (C=O) groups excluding carboxylic acids is 1. The van der Waals surface area contributed by atoms with E-state index >= 15 is 0 Å².